The van der Waals surface area contributed by atoms with Gasteiger partial charge in [0.1, 0.15) is 0 Å². The third-order valence-electron chi connectivity index (χ3n) is 2.37. The van der Waals surface area contributed by atoms with Gasteiger partial charge < -0.3 is 4.74 Å². The average molecular weight is 227 g/mol. The molecule has 0 fully saturated rings. The lowest BCUT2D eigenvalue weighted by Gasteiger charge is -2.02. The van der Waals surface area contributed by atoms with Gasteiger partial charge in [-0.25, -0.2) is 0 Å². The van der Waals surface area contributed by atoms with Crippen LogP contribution in [0.1, 0.15) is 31.7 Å². The second kappa shape index (κ2) is 7.72. The Balaban J connectivity index is 2.07. The fourth-order valence-corrected chi connectivity index (χ4v) is 1.63. The fourth-order valence-electron chi connectivity index (χ4n) is 1.51. The Morgan fingerprint density at radius 2 is 1.80 bits per heavy atom. The van der Waals surface area contributed by atoms with Crippen LogP contribution >= 0.6 is 11.6 Å². The molecule has 0 atom stereocenters. The average Bonchev–Trinajstić information content (AvgIpc) is 2.26. The van der Waals surface area contributed by atoms with Crippen molar-refractivity contribution in [2.24, 2.45) is 0 Å². The Labute approximate surface area is 97.4 Å². The van der Waals surface area contributed by atoms with Crippen molar-refractivity contribution in [1.82, 2.24) is 0 Å². The molecule has 1 aromatic rings. The summed E-state index contributed by atoms with van der Waals surface area (Å²) >= 11 is 5.81. The van der Waals surface area contributed by atoms with Crippen molar-refractivity contribution >= 4 is 11.6 Å². The molecule has 1 aromatic carbocycles. The van der Waals surface area contributed by atoms with E-state index in [2.05, 4.69) is 12.1 Å². The Morgan fingerprint density at radius 1 is 1.07 bits per heavy atom. The highest BCUT2D eigenvalue weighted by Gasteiger charge is 1.94. The van der Waals surface area contributed by atoms with E-state index in [0.717, 1.165) is 24.7 Å². The minimum absolute atomic E-state index is 0.815. The highest BCUT2D eigenvalue weighted by Crippen LogP contribution is 2.12. The molecule has 0 aliphatic rings. The SMILES string of the molecule is CCOCCCCCc1ccc(Cl)cc1. The van der Waals surface area contributed by atoms with E-state index in [-0.39, 0.29) is 0 Å². The van der Waals surface area contributed by atoms with Crippen molar-refractivity contribution < 1.29 is 4.74 Å². The van der Waals surface area contributed by atoms with Gasteiger partial charge in [-0.15, -0.1) is 0 Å². The molecule has 0 bridgehead atoms. The maximum Gasteiger partial charge on any atom is 0.0465 e. The summed E-state index contributed by atoms with van der Waals surface area (Å²) in [5.41, 5.74) is 1.37. The van der Waals surface area contributed by atoms with E-state index in [1.165, 1.54) is 24.8 Å². The number of ether oxygens (including phenoxy) is 1. The molecule has 0 radical (unpaired) electrons. The third-order valence-corrected chi connectivity index (χ3v) is 2.62. The summed E-state index contributed by atoms with van der Waals surface area (Å²) in [6.45, 7) is 3.77. The second-order valence-electron chi connectivity index (χ2n) is 3.63. The van der Waals surface area contributed by atoms with Gasteiger partial charge in [-0.1, -0.05) is 30.2 Å². The van der Waals surface area contributed by atoms with Crippen LogP contribution in [0.25, 0.3) is 0 Å². The summed E-state index contributed by atoms with van der Waals surface area (Å²) < 4.78 is 5.28. The van der Waals surface area contributed by atoms with Gasteiger partial charge in [0.2, 0.25) is 0 Å². The van der Waals surface area contributed by atoms with E-state index in [9.17, 15) is 0 Å². The largest absolute Gasteiger partial charge is 0.382 e. The summed E-state index contributed by atoms with van der Waals surface area (Å²) in [6, 6.07) is 8.11. The van der Waals surface area contributed by atoms with E-state index in [4.69, 9.17) is 16.3 Å². The molecule has 0 N–H and O–H groups in total. The number of benzene rings is 1. The molecule has 0 spiro atoms. The lowest BCUT2D eigenvalue weighted by atomic mass is 10.1. The van der Waals surface area contributed by atoms with Crippen LogP contribution in [0.15, 0.2) is 24.3 Å². The van der Waals surface area contributed by atoms with Crippen molar-refractivity contribution in [1.29, 1.82) is 0 Å². The predicted molar refractivity (Wildman–Crippen MR) is 65.5 cm³/mol. The van der Waals surface area contributed by atoms with Crippen LogP contribution in [0, 0.1) is 0 Å². The Bertz CT molecular complexity index is 256. The summed E-state index contributed by atoms with van der Waals surface area (Å²) in [6.07, 6.45) is 4.78. The molecule has 0 saturated heterocycles. The fraction of sp³-hybridized carbons (Fsp3) is 0.538. The van der Waals surface area contributed by atoms with Gasteiger partial charge in [0.05, 0.1) is 0 Å². The van der Waals surface area contributed by atoms with Crippen LogP contribution in [0.2, 0.25) is 5.02 Å². The lowest BCUT2D eigenvalue weighted by Crippen LogP contribution is -1.94. The van der Waals surface area contributed by atoms with Crippen LogP contribution in [0.4, 0.5) is 0 Å². The Morgan fingerprint density at radius 3 is 2.47 bits per heavy atom. The van der Waals surface area contributed by atoms with Crippen molar-refractivity contribution in [3.05, 3.63) is 34.9 Å². The molecule has 1 rings (SSSR count). The summed E-state index contributed by atoms with van der Waals surface area (Å²) in [5.74, 6) is 0. The number of rotatable bonds is 7. The molecule has 15 heavy (non-hydrogen) atoms. The van der Waals surface area contributed by atoms with Crippen LogP contribution in [0.3, 0.4) is 0 Å². The van der Waals surface area contributed by atoms with Crippen LogP contribution in [-0.2, 0) is 11.2 Å². The first-order chi connectivity index (χ1) is 7.33. The monoisotopic (exact) mass is 226 g/mol. The zero-order valence-electron chi connectivity index (χ0n) is 9.34. The summed E-state index contributed by atoms with van der Waals surface area (Å²) in [5, 5.41) is 0.815. The molecule has 0 aliphatic carbocycles. The quantitative estimate of drug-likeness (QED) is 0.637. The smallest absolute Gasteiger partial charge is 0.0465 e. The van der Waals surface area contributed by atoms with Crippen molar-refractivity contribution in [3.8, 4) is 0 Å². The molecule has 0 amide bonds. The molecule has 1 nitrogen and oxygen atoms in total. The van der Waals surface area contributed by atoms with Gasteiger partial charge in [0, 0.05) is 18.2 Å². The Hall–Kier alpha value is -0.530. The minimum atomic E-state index is 0.815. The molecule has 0 aromatic heterocycles. The van der Waals surface area contributed by atoms with Gasteiger partial charge in [-0.3, -0.25) is 0 Å². The van der Waals surface area contributed by atoms with Gasteiger partial charge in [0.15, 0.2) is 0 Å². The first-order valence-electron chi connectivity index (χ1n) is 5.65. The van der Waals surface area contributed by atoms with Gasteiger partial charge in [-0.05, 0) is 43.9 Å². The standard InChI is InChI=1S/C13H19ClO/c1-2-15-11-5-3-4-6-12-7-9-13(14)10-8-12/h7-10H,2-6,11H2,1H3. The Kier molecular flexibility index (Phi) is 6.45. The second-order valence-corrected chi connectivity index (χ2v) is 4.07. The van der Waals surface area contributed by atoms with Crippen LogP contribution in [0.5, 0.6) is 0 Å². The zero-order valence-corrected chi connectivity index (χ0v) is 10.1. The maximum atomic E-state index is 5.81. The van der Waals surface area contributed by atoms with Crippen LogP contribution in [-0.4, -0.2) is 13.2 Å². The minimum Gasteiger partial charge on any atom is -0.382 e. The molecule has 2 heteroatoms. The molecule has 0 aliphatic heterocycles. The number of halogens is 1. The summed E-state index contributed by atoms with van der Waals surface area (Å²) in [4.78, 5) is 0. The van der Waals surface area contributed by atoms with Gasteiger partial charge in [-0.2, -0.15) is 0 Å². The third kappa shape index (κ3) is 5.81. The highest BCUT2D eigenvalue weighted by molar-refractivity contribution is 6.30. The molecule has 84 valence electrons. The predicted octanol–water partition coefficient (Wildman–Crippen LogP) is 4.09. The van der Waals surface area contributed by atoms with Crippen molar-refractivity contribution in [3.63, 3.8) is 0 Å². The van der Waals surface area contributed by atoms with Crippen molar-refractivity contribution in [2.45, 2.75) is 32.6 Å². The van der Waals surface area contributed by atoms with E-state index < -0.39 is 0 Å². The van der Waals surface area contributed by atoms with E-state index in [0.29, 0.717) is 0 Å². The zero-order chi connectivity index (χ0) is 10.9. The highest BCUT2D eigenvalue weighted by atomic mass is 35.5. The number of aryl methyl sites for hydroxylation is 1. The van der Waals surface area contributed by atoms with E-state index in [1.54, 1.807) is 0 Å². The normalized spacial score (nSPS) is 10.5. The van der Waals surface area contributed by atoms with Crippen LogP contribution < -0.4 is 0 Å². The maximum absolute atomic E-state index is 5.81. The number of unbranched alkanes of at least 4 members (excludes halogenated alkanes) is 2. The molecular weight excluding hydrogens is 208 g/mol. The van der Waals surface area contributed by atoms with Gasteiger partial charge in [0.25, 0.3) is 0 Å². The molecule has 0 saturated carbocycles. The van der Waals surface area contributed by atoms with Gasteiger partial charge >= 0.3 is 0 Å². The number of hydrogen-bond donors (Lipinski definition) is 0. The number of hydrogen-bond acceptors (Lipinski definition) is 1. The molecule has 0 unspecified atom stereocenters. The van der Waals surface area contributed by atoms with Crippen molar-refractivity contribution in [2.75, 3.05) is 13.2 Å². The lowest BCUT2D eigenvalue weighted by molar-refractivity contribution is 0.143. The van der Waals surface area contributed by atoms with E-state index in [1.807, 2.05) is 19.1 Å². The first kappa shape index (κ1) is 12.5. The summed E-state index contributed by atoms with van der Waals surface area (Å²) in [7, 11) is 0. The van der Waals surface area contributed by atoms with E-state index >= 15 is 0 Å². The molecule has 0 heterocycles. The topological polar surface area (TPSA) is 9.23 Å². The first-order valence-corrected chi connectivity index (χ1v) is 6.03. The molecular formula is C13H19ClO.